The van der Waals surface area contributed by atoms with E-state index in [1.807, 2.05) is 41.3 Å². The van der Waals surface area contributed by atoms with E-state index in [0.717, 1.165) is 48.0 Å². The molecule has 6 nitrogen and oxygen atoms in total. The van der Waals surface area contributed by atoms with Crippen molar-refractivity contribution in [3.63, 3.8) is 0 Å². The minimum atomic E-state index is -0.145. The highest BCUT2D eigenvalue weighted by Gasteiger charge is 2.20. The Hall–Kier alpha value is -2.89. The highest BCUT2D eigenvalue weighted by Crippen LogP contribution is 2.26. The number of likely N-dealkylation sites (tertiary alicyclic amines) is 1. The first kappa shape index (κ1) is 15.6. The standard InChI is InChI=1S/C19H20N4O2/c1-25-17-8-7-14-5-6-15(11-16(14)12-17)18-13-20-23(21-18)19(24)22-9-3-2-4-10-22/h5-8,11-13H,2-4,9-10H2,1H3. The molecule has 2 heterocycles. The third-order valence-electron chi connectivity index (χ3n) is 4.63. The molecule has 1 aliphatic rings. The number of carbonyl (C=O) groups is 1. The molecule has 0 atom stereocenters. The van der Waals surface area contributed by atoms with Crippen LogP contribution in [0, 0.1) is 0 Å². The lowest BCUT2D eigenvalue weighted by molar-refractivity contribution is 0.181. The Labute approximate surface area is 146 Å². The summed E-state index contributed by atoms with van der Waals surface area (Å²) in [6, 6.07) is 11.9. The summed E-state index contributed by atoms with van der Waals surface area (Å²) in [5, 5.41) is 10.7. The molecule has 0 aliphatic carbocycles. The van der Waals surface area contributed by atoms with E-state index in [2.05, 4.69) is 10.2 Å². The van der Waals surface area contributed by atoms with Crippen LogP contribution < -0.4 is 4.74 Å². The topological polar surface area (TPSA) is 60.3 Å². The van der Waals surface area contributed by atoms with Crippen LogP contribution in [0.2, 0.25) is 0 Å². The first-order valence-corrected chi connectivity index (χ1v) is 8.54. The van der Waals surface area contributed by atoms with Crippen molar-refractivity contribution >= 4 is 16.8 Å². The zero-order valence-electron chi connectivity index (χ0n) is 14.2. The van der Waals surface area contributed by atoms with Gasteiger partial charge in [0.15, 0.2) is 0 Å². The van der Waals surface area contributed by atoms with Crippen LogP contribution in [0.25, 0.3) is 22.0 Å². The van der Waals surface area contributed by atoms with Crippen molar-refractivity contribution in [2.45, 2.75) is 19.3 Å². The number of fused-ring (bicyclic) bond motifs is 1. The fraction of sp³-hybridized carbons (Fsp3) is 0.316. The van der Waals surface area contributed by atoms with Gasteiger partial charge in [-0.2, -0.15) is 5.10 Å². The summed E-state index contributed by atoms with van der Waals surface area (Å²) < 4.78 is 5.29. The number of methoxy groups -OCH3 is 1. The Morgan fingerprint density at radius 2 is 1.84 bits per heavy atom. The first-order chi connectivity index (χ1) is 12.2. The lowest BCUT2D eigenvalue weighted by Gasteiger charge is -2.25. The Bertz CT molecular complexity index is 913. The van der Waals surface area contributed by atoms with Crippen LogP contribution in [0.4, 0.5) is 4.79 Å². The van der Waals surface area contributed by atoms with Gasteiger partial charge in [-0.25, -0.2) is 4.79 Å². The van der Waals surface area contributed by atoms with Crippen molar-refractivity contribution in [1.29, 1.82) is 0 Å². The number of amides is 1. The average molecular weight is 336 g/mol. The van der Waals surface area contributed by atoms with Gasteiger partial charge >= 0.3 is 6.03 Å². The summed E-state index contributed by atoms with van der Waals surface area (Å²) in [6.45, 7) is 1.57. The van der Waals surface area contributed by atoms with Gasteiger partial charge in [0.05, 0.1) is 13.3 Å². The number of ether oxygens (including phenoxy) is 1. The molecule has 1 fully saturated rings. The zero-order valence-corrected chi connectivity index (χ0v) is 14.2. The molecule has 0 N–H and O–H groups in total. The lowest BCUT2D eigenvalue weighted by Crippen LogP contribution is -2.39. The number of piperidine rings is 1. The first-order valence-electron chi connectivity index (χ1n) is 8.54. The molecular weight excluding hydrogens is 316 g/mol. The Morgan fingerprint density at radius 1 is 1.04 bits per heavy atom. The van der Waals surface area contributed by atoms with E-state index < -0.39 is 0 Å². The van der Waals surface area contributed by atoms with Crippen LogP contribution in [0.15, 0.2) is 42.6 Å². The fourth-order valence-electron chi connectivity index (χ4n) is 3.21. The quantitative estimate of drug-likeness (QED) is 0.718. The summed E-state index contributed by atoms with van der Waals surface area (Å²) in [7, 11) is 1.66. The molecule has 1 saturated heterocycles. The summed E-state index contributed by atoms with van der Waals surface area (Å²) >= 11 is 0. The van der Waals surface area contributed by atoms with Crippen LogP contribution in [-0.4, -0.2) is 46.1 Å². The van der Waals surface area contributed by atoms with Crippen molar-refractivity contribution in [3.8, 4) is 17.0 Å². The van der Waals surface area contributed by atoms with Crippen molar-refractivity contribution in [3.05, 3.63) is 42.6 Å². The smallest absolute Gasteiger partial charge is 0.362 e. The molecule has 2 aromatic carbocycles. The van der Waals surface area contributed by atoms with E-state index in [4.69, 9.17) is 4.74 Å². The number of hydrogen-bond donors (Lipinski definition) is 0. The van der Waals surface area contributed by atoms with Crippen molar-refractivity contribution in [2.24, 2.45) is 0 Å². The molecule has 1 amide bonds. The number of rotatable bonds is 2. The largest absolute Gasteiger partial charge is 0.497 e. The van der Waals surface area contributed by atoms with Gasteiger partial charge in [-0.05, 0) is 48.2 Å². The van der Waals surface area contributed by atoms with Crippen LogP contribution in [0.3, 0.4) is 0 Å². The van der Waals surface area contributed by atoms with E-state index >= 15 is 0 Å². The van der Waals surface area contributed by atoms with Gasteiger partial charge < -0.3 is 9.64 Å². The molecule has 3 aromatic rings. The van der Waals surface area contributed by atoms with E-state index in [0.29, 0.717) is 5.69 Å². The van der Waals surface area contributed by atoms with Gasteiger partial charge in [-0.15, -0.1) is 5.10 Å². The number of carbonyl (C=O) groups excluding carboxylic acids is 1. The molecule has 0 bridgehead atoms. The van der Waals surface area contributed by atoms with Crippen LogP contribution in [0.1, 0.15) is 19.3 Å². The molecule has 0 saturated carbocycles. The van der Waals surface area contributed by atoms with Crippen LogP contribution >= 0.6 is 0 Å². The highest BCUT2D eigenvalue weighted by molar-refractivity contribution is 5.88. The third kappa shape index (κ3) is 3.07. The number of aromatic nitrogens is 3. The third-order valence-corrected chi connectivity index (χ3v) is 4.63. The van der Waals surface area contributed by atoms with E-state index in [1.54, 1.807) is 13.3 Å². The van der Waals surface area contributed by atoms with Crippen LogP contribution in [0.5, 0.6) is 5.75 Å². The second-order valence-corrected chi connectivity index (χ2v) is 6.28. The van der Waals surface area contributed by atoms with E-state index in [1.165, 1.54) is 11.2 Å². The Morgan fingerprint density at radius 3 is 2.64 bits per heavy atom. The summed E-state index contributed by atoms with van der Waals surface area (Å²) in [4.78, 5) is 15.5. The maximum Gasteiger partial charge on any atom is 0.362 e. The second-order valence-electron chi connectivity index (χ2n) is 6.28. The predicted octanol–water partition coefficient (Wildman–Crippen LogP) is 3.56. The molecule has 1 aliphatic heterocycles. The molecule has 0 unspecified atom stereocenters. The van der Waals surface area contributed by atoms with Gasteiger partial charge in [0.25, 0.3) is 0 Å². The van der Waals surface area contributed by atoms with Gasteiger partial charge in [0.1, 0.15) is 11.4 Å². The van der Waals surface area contributed by atoms with Crippen LogP contribution in [-0.2, 0) is 0 Å². The number of benzene rings is 2. The van der Waals surface area contributed by atoms with Crippen molar-refractivity contribution < 1.29 is 9.53 Å². The molecule has 6 heteroatoms. The lowest BCUT2D eigenvalue weighted by atomic mass is 10.1. The summed E-state index contributed by atoms with van der Waals surface area (Å²) in [6.07, 6.45) is 4.92. The molecule has 1 aromatic heterocycles. The predicted molar refractivity (Wildman–Crippen MR) is 95.7 cm³/mol. The normalized spacial score (nSPS) is 14.7. The minimum absolute atomic E-state index is 0.145. The van der Waals surface area contributed by atoms with Gasteiger partial charge in [-0.1, -0.05) is 23.0 Å². The SMILES string of the molecule is COc1ccc2ccc(-c3cnn(C(=O)N4CCCCC4)n3)cc2c1. The van der Waals surface area contributed by atoms with Gasteiger partial charge in [0, 0.05) is 18.7 Å². The Kier molecular flexibility index (Phi) is 4.09. The van der Waals surface area contributed by atoms with Crippen molar-refractivity contribution in [2.75, 3.05) is 20.2 Å². The molecule has 0 spiro atoms. The molecule has 25 heavy (non-hydrogen) atoms. The fourth-order valence-corrected chi connectivity index (χ4v) is 3.21. The zero-order chi connectivity index (χ0) is 17.2. The summed E-state index contributed by atoms with van der Waals surface area (Å²) in [5.41, 5.74) is 1.62. The monoisotopic (exact) mass is 336 g/mol. The van der Waals surface area contributed by atoms with Gasteiger partial charge in [-0.3, -0.25) is 0 Å². The minimum Gasteiger partial charge on any atom is -0.497 e. The van der Waals surface area contributed by atoms with Gasteiger partial charge in [0.2, 0.25) is 0 Å². The molecular formula is C19H20N4O2. The highest BCUT2D eigenvalue weighted by atomic mass is 16.5. The number of hydrogen-bond acceptors (Lipinski definition) is 4. The Balaban J connectivity index is 1.62. The van der Waals surface area contributed by atoms with E-state index in [-0.39, 0.29) is 6.03 Å². The average Bonchev–Trinajstić information content (AvgIpc) is 3.17. The summed E-state index contributed by atoms with van der Waals surface area (Å²) in [5.74, 6) is 0.814. The van der Waals surface area contributed by atoms with Crippen molar-refractivity contribution in [1.82, 2.24) is 19.9 Å². The number of nitrogens with zero attached hydrogens (tertiary/aromatic N) is 4. The molecule has 128 valence electrons. The molecule has 4 rings (SSSR count). The second kappa shape index (κ2) is 6.55. The molecule has 0 radical (unpaired) electrons. The maximum absolute atomic E-state index is 12.5. The maximum atomic E-state index is 12.5. The van der Waals surface area contributed by atoms with E-state index in [9.17, 15) is 4.79 Å².